The summed E-state index contributed by atoms with van der Waals surface area (Å²) in [6.45, 7) is 4.32. The van der Waals surface area contributed by atoms with Gasteiger partial charge in [0.25, 0.3) is 0 Å². The van der Waals surface area contributed by atoms with Gasteiger partial charge in [0.15, 0.2) is 5.79 Å². The fourth-order valence-electron chi connectivity index (χ4n) is 1.72. The molecule has 0 unspecified atom stereocenters. The molecule has 68 valence electrons. The molecule has 2 heterocycles. The van der Waals surface area contributed by atoms with E-state index in [1.807, 2.05) is 13.8 Å². The minimum Gasteiger partial charge on any atom is -0.353 e. The molecule has 4 nitrogen and oxygen atoms in total. The Bertz CT molecular complexity index is 214. The van der Waals surface area contributed by atoms with Crippen molar-refractivity contribution in [1.29, 1.82) is 0 Å². The van der Waals surface area contributed by atoms with E-state index in [1.54, 1.807) is 0 Å². The van der Waals surface area contributed by atoms with Crippen molar-refractivity contribution in [3.8, 4) is 0 Å². The summed E-state index contributed by atoms with van der Waals surface area (Å²) in [4.78, 5) is 11.0. The van der Waals surface area contributed by atoms with Crippen LogP contribution in [0.2, 0.25) is 0 Å². The second kappa shape index (κ2) is 2.44. The summed E-state index contributed by atoms with van der Waals surface area (Å²) >= 11 is 0. The molecule has 2 atom stereocenters. The number of piperidine rings is 1. The third-order valence-electron chi connectivity index (χ3n) is 2.17. The van der Waals surface area contributed by atoms with Gasteiger partial charge < -0.3 is 14.8 Å². The molecule has 0 bridgehead atoms. The number of amides is 1. The summed E-state index contributed by atoms with van der Waals surface area (Å²) in [6.07, 6.45) is 0.417. The quantitative estimate of drug-likeness (QED) is 0.559. The summed E-state index contributed by atoms with van der Waals surface area (Å²) in [5.41, 5.74) is 0. The molecule has 2 aliphatic heterocycles. The summed E-state index contributed by atoms with van der Waals surface area (Å²) in [5, 5.41) is 2.75. The first-order chi connectivity index (χ1) is 5.57. The lowest BCUT2D eigenvalue weighted by Gasteiger charge is -2.21. The van der Waals surface area contributed by atoms with Crippen LogP contribution in [0.3, 0.4) is 0 Å². The van der Waals surface area contributed by atoms with Crippen LogP contribution in [-0.4, -0.2) is 30.4 Å². The van der Waals surface area contributed by atoms with Gasteiger partial charge in [-0.15, -0.1) is 0 Å². The zero-order valence-corrected chi connectivity index (χ0v) is 7.29. The molecule has 4 heteroatoms. The van der Waals surface area contributed by atoms with Crippen molar-refractivity contribution in [3.05, 3.63) is 0 Å². The average Bonchev–Trinajstić information content (AvgIpc) is 2.21. The monoisotopic (exact) mass is 171 g/mol. The molecule has 1 N–H and O–H groups in total. The number of fused-ring (bicyclic) bond motifs is 1. The lowest BCUT2D eigenvalue weighted by molar-refractivity contribution is -0.145. The van der Waals surface area contributed by atoms with Crippen LogP contribution < -0.4 is 5.32 Å². The normalized spacial score (nSPS) is 39.0. The minimum absolute atomic E-state index is 0.0395. The largest absolute Gasteiger partial charge is 0.353 e. The van der Waals surface area contributed by atoms with Crippen molar-refractivity contribution in [2.75, 3.05) is 6.54 Å². The van der Waals surface area contributed by atoms with Crippen molar-refractivity contribution in [1.82, 2.24) is 5.32 Å². The van der Waals surface area contributed by atoms with E-state index in [2.05, 4.69) is 5.32 Å². The Labute approximate surface area is 71.2 Å². The van der Waals surface area contributed by atoms with Crippen molar-refractivity contribution in [2.24, 2.45) is 0 Å². The zero-order valence-electron chi connectivity index (χ0n) is 7.29. The topological polar surface area (TPSA) is 47.6 Å². The van der Waals surface area contributed by atoms with E-state index in [-0.39, 0.29) is 18.1 Å². The van der Waals surface area contributed by atoms with E-state index in [0.717, 1.165) is 0 Å². The number of ether oxygens (including phenoxy) is 2. The highest BCUT2D eigenvalue weighted by atomic mass is 16.8. The number of carbonyl (C=O) groups excluding carboxylic acids is 1. The van der Waals surface area contributed by atoms with E-state index >= 15 is 0 Å². The van der Waals surface area contributed by atoms with Crippen LogP contribution in [0.25, 0.3) is 0 Å². The zero-order chi connectivity index (χ0) is 8.77. The third kappa shape index (κ3) is 1.32. The molecule has 0 aromatic rings. The molecular weight excluding hydrogens is 158 g/mol. The average molecular weight is 171 g/mol. The van der Waals surface area contributed by atoms with Crippen molar-refractivity contribution in [3.63, 3.8) is 0 Å². The molecule has 2 aliphatic rings. The number of hydrogen-bond donors (Lipinski definition) is 1. The molecule has 0 aromatic carbocycles. The summed E-state index contributed by atoms with van der Waals surface area (Å²) in [6, 6.07) is 0. The molecule has 2 rings (SSSR count). The maximum Gasteiger partial charge on any atom is 0.222 e. The predicted octanol–water partition coefficient (Wildman–Crippen LogP) is 0.0264. The molecule has 0 aromatic heterocycles. The van der Waals surface area contributed by atoms with E-state index < -0.39 is 5.79 Å². The number of hydrogen-bond acceptors (Lipinski definition) is 3. The molecule has 0 radical (unpaired) electrons. The van der Waals surface area contributed by atoms with Gasteiger partial charge in [-0.3, -0.25) is 4.79 Å². The Kier molecular flexibility index (Phi) is 1.63. The van der Waals surface area contributed by atoms with Gasteiger partial charge in [-0.25, -0.2) is 0 Å². The van der Waals surface area contributed by atoms with Crippen LogP contribution in [0.1, 0.15) is 20.3 Å². The summed E-state index contributed by atoms with van der Waals surface area (Å²) in [5.74, 6) is -0.473. The number of rotatable bonds is 0. The van der Waals surface area contributed by atoms with E-state index in [9.17, 15) is 4.79 Å². The molecule has 0 aliphatic carbocycles. The molecule has 0 saturated carbocycles. The maximum absolute atomic E-state index is 11.0. The SMILES string of the molecule is CC1(C)O[C@H]2CC(=O)NC[C@H]2O1. The number of carbonyl (C=O) groups is 1. The second-order valence-electron chi connectivity index (χ2n) is 3.72. The van der Waals surface area contributed by atoms with Crippen LogP contribution in [-0.2, 0) is 14.3 Å². The van der Waals surface area contributed by atoms with Gasteiger partial charge in [0.1, 0.15) is 6.10 Å². The first-order valence-electron chi connectivity index (χ1n) is 4.19. The Morgan fingerprint density at radius 3 is 2.83 bits per heavy atom. The van der Waals surface area contributed by atoms with Gasteiger partial charge in [0.05, 0.1) is 12.5 Å². The van der Waals surface area contributed by atoms with Crippen molar-refractivity contribution >= 4 is 5.91 Å². The van der Waals surface area contributed by atoms with Gasteiger partial charge in [0, 0.05) is 6.54 Å². The Morgan fingerprint density at radius 1 is 1.42 bits per heavy atom. The first kappa shape index (κ1) is 8.01. The fraction of sp³-hybridized carbons (Fsp3) is 0.875. The van der Waals surface area contributed by atoms with Crippen LogP contribution in [0.4, 0.5) is 0 Å². The standard InChI is InChI=1S/C8H13NO3/c1-8(2)11-5-3-7(10)9-4-6(5)12-8/h5-6H,3-4H2,1-2H3,(H,9,10)/t5-,6+/m0/s1. The van der Waals surface area contributed by atoms with Crippen LogP contribution in [0.5, 0.6) is 0 Å². The highest BCUT2D eigenvalue weighted by Gasteiger charge is 2.44. The van der Waals surface area contributed by atoms with Gasteiger partial charge in [-0.05, 0) is 13.8 Å². The van der Waals surface area contributed by atoms with Gasteiger partial charge in [0.2, 0.25) is 5.91 Å². The van der Waals surface area contributed by atoms with E-state index in [4.69, 9.17) is 9.47 Å². The lowest BCUT2D eigenvalue weighted by Crippen LogP contribution is -2.45. The van der Waals surface area contributed by atoms with Crippen LogP contribution >= 0.6 is 0 Å². The third-order valence-corrected chi connectivity index (χ3v) is 2.17. The van der Waals surface area contributed by atoms with Crippen molar-refractivity contribution < 1.29 is 14.3 Å². The molecule has 2 saturated heterocycles. The van der Waals surface area contributed by atoms with Crippen LogP contribution in [0.15, 0.2) is 0 Å². The smallest absolute Gasteiger partial charge is 0.222 e. The van der Waals surface area contributed by atoms with Gasteiger partial charge >= 0.3 is 0 Å². The fourth-order valence-corrected chi connectivity index (χ4v) is 1.72. The highest BCUT2D eigenvalue weighted by molar-refractivity contribution is 5.77. The molecule has 1 amide bonds. The predicted molar refractivity (Wildman–Crippen MR) is 41.5 cm³/mol. The lowest BCUT2D eigenvalue weighted by atomic mass is 10.1. The Hall–Kier alpha value is -0.610. The Morgan fingerprint density at radius 2 is 2.08 bits per heavy atom. The minimum atomic E-state index is -0.526. The van der Waals surface area contributed by atoms with Gasteiger partial charge in [-0.2, -0.15) is 0 Å². The van der Waals surface area contributed by atoms with Gasteiger partial charge in [-0.1, -0.05) is 0 Å². The summed E-state index contributed by atoms with van der Waals surface area (Å²) < 4.78 is 11.1. The molecule has 0 spiro atoms. The molecule has 12 heavy (non-hydrogen) atoms. The molecular formula is C8H13NO3. The van der Waals surface area contributed by atoms with E-state index in [0.29, 0.717) is 13.0 Å². The Balaban J connectivity index is 2.07. The highest BCUT2D eigenvalue weighted by Crippen LogP contribution is 2.30. The maximum atomic E-state index is 11.0. The number of nitrogens with one attached hydrogen (secondary N) is 1. The van der Waals surface area contributed by atoms with Crippen molar-refractivity contribution in [2.45, 2.75) is 38.3 Å². The first-order valence-corrected chi connectivity index (χ1v) is 4.19. The van der Waals surface area contributed by atoms with Crippen LogP contribution in [0, 0.1) is 0 Å². The molecule has 2 fully saturated rings. The second-order valence-corrected chi connectivity index (χ2v) is 3.72. The van der Waals surface area contributed by atoms with E-state index in [1.165, 1.54) is 0 Å². The summed E-state index contributed by atoms with van der Waals surface area (Å²) in [7, 11) is 0.